The van der Waals surface area contributed by atoms with E-state index in [0.29, 0.717) is 0 Å². The van der Waals surface area contributed by atoms with E-state index in [1.54, 1.807) is 0 Å². The molecule has 0 radical (unpaired) electrons. The molecule has 0 unspecified atom stereocenters. The van der Waals surface area contributed by atoms with Crippen LogP contribution in [-0.2, 0) is 10.0 Å². The summed E-state index contributed by atoms with van der Waals surface area (Å²) in [6.45, 7) is -0.194. The largest absolute Gasteiger partial charge is 0.478 e. The molecule has 1 aromatic rings. The monoisotopic (exact) mass is 319 g/mol. The molecule has 2 rings (SSSR count). The number of aromatic carboxylic acids is 1. The zero-order valence-corrected chi connectivity index (χ0v) is 12.5. The van der Waals surface area contributed by atoms with Crippen LogP contribution >= 0.6 is 11.3 Å². The van der Waals surface area contributed by atoms with Gasteiger partial charge in [-0.3, -0.25) is 0 Å². The summed E-state index contributed by atoms with van der Waals surface area (Å²) in [4.78, 5) is 10.9. The predicted octanol–water partition coefficient (Wildman–Crippen LogP) is 1.37. The maximum atomic E-state index is 12.6. The minimum absolute atomic E-state index is 0.0234. The highest BCUT2D eigenvalue weighted by Gasteiger charge is 2.34. The molecule has 1 heterocycles. The third kappa shape index (κ3) is 3.03. The Kier molecular flexibility index (Phi) is 4.79. The third-order valence-corrected chi connectivity index (χ3v) is 6.80. The Balaban J connectivity index is 2.31. The Labute approximate surface area is 121 Å². The summed E-state index contributed by atoms with van der Waals surface area (Å²) in [6.07, 6.45) is 3.53. The highest BCUT2D eigenvalue weighted by molar-refractivity contribution is 7.91. The van der Waals surface area contributed by atoms with Crippen LogP contribution in [0.1, 0.15) is 36.0 Å². The van der Waals surface area contributed by atoms with Gasteiger partial charge < -0.3 is 10.2 Å². The van der Waals surface area contributed by atoms with E-state index in [1.165, 1.54) is 15.8 Å². The van der Waals surface area contributed by atoms with Gasteiger partial charge in [0.15, 0.2) is 0 Å². The Hall–Kier alpha value is -0.960. The number of sulfonamides is 1. The molecule has 1 aliphatic rings. The number of carboxylic acids is 1. The van der Waals surface area contributed by atoms with Crippen molar-refractivity contribution in [3.63, 3.8) is 0 Å². The van der Waals surface area contributed by atoms with Gasteiger partial charge in [0.1, 0.15) is 4.21 Å². The smallest absolute Gasteiger partial charge is 0.336 e. The second-order valence-electron chi connectivity index (χ2n) is 4.74. The highest BCUT2D eigenvalue weighted by Crippen LogP contribution is 2.31. The van der Waals surface area contributed by atoms with Crippen LogP contribution in [0, 0.1) is 0 Å². The van der Waals surface area contributed by atoms with Gasteiger partial charge in [-0.1, -0.05) is 12.8 Å². The topological polar surface area (TPSA) is 94.9 Å². The molecule has 1 fully saturated rings. The molecule has 0 atom stereocenters. The fraction of sp³-hybridized carbons (Fsp3) is 0.583. The molecule has 0 amide bonds. The van der Waals surface area contributed by atoms with Gasteiger partial charge in [0.2, 0.25) is 0 Å². The van der Waals surface area contributed by atoms with Crippen molar-refractivity contribution in [2.24, 2.45) is 0 Å². The highest BCUT2D eigenvalue weighted by atomic mass is 32.2. The van der Waals surface area contributed by atoms with E-state index in [0.717, 1.165) is 37.0 Å². The molecule has 1 aliphatic carbocycles. The molecule has 1 aromatic heterocycles. The summed E-state index contributed by atoms with van der Waals surface area (Å²) in [6, 6.07) is 1.09. The molecule has 0 aliphatic heterocycles. The molecule has 0 spiro atoms. The summed E-state index contributed by atoms with van der Waals surface area (Å²) in [7, 11) is -3.73. The fourth-order valence-electron chi connectivity index (χ4n) is 2.47. The fourth-order valence-corrected chi connectivity index (χ4v) is 5.43. The molecule has 112 valence electrons. The first-order valence-electron chi connectivity index (χ1n) is 6.41. The standard InChI is InChI=1S/C12H17NO5S2/c14-6-5-13(10-3-1-2-4-10)20(17,18)11-7-9(8-19-11)12(15)16/h7-8,10,14H,1-6H2,(H,15,16). The van der Waals surface area contributed by atoms with Gasteiger partial charge in [0, 0.05) is 18.0 Å². The zero-order valence-electron chi connectivity index (χ0n) is 10.9. The summed E-state index contributed by atoms with van der Waals surface area (Å²) < 4.78 is 26.5. The number of thiophene rings is 1. The normalized spacial score (nSPS) is 16.9. The predicted molar refractivity (Wildman–Crippen MR) is 74.5 cm³/mol. The van der Waals surface area contributed by atoms with E-state index in [-0.39, 0.29) is 29.0 Å². The molecular weight excluding hydrogens is 302 g/mol. The number of aliphatic hydroxyl groups is 1. The number of rotatable bonds is 6. The lowest BCUT2D eigenvalue weighted by Crippen LogP contribution is -2.40. The minimum atomic E-state index is -3.73. The van der Waals surface area contributed by atoms with E-state index < -0.39 is 16.0 Å². The number of nitrogens with zero attached hydrogens (tertiary/aromatic N) is 1. The van der Waals surface area contributed by atoms with Gasteiger partial charge in [-0.05, 0) is 18.9 Å². The molecule has 0 saturated heterocycles. The van der Waals surface area contributed by atoms with Crippen molar-refractivity contribution in [3.05, 3.63) is 17.0 Å². The summed E-state index contributed by atoms with van der Waals surface area (Å²) in [5, 5.41) is 19.3. The van der Waals surface area contributed by atoms with Crippen molar-refractivity contribution in [1.29, 1.82) is 0 Å². The van der Waals surface area contributed by atoms with E-state index in [9.17, 15) is 13.2 Å². The molecule has 20 heavy (non-hydrogen) atoms. The summed E-state index contributed by atoms with van der Waals surface area (Å²) in [5.41, 5.74) is -0.0241. The van der Waals surface area contributed by atoms with Crippen LogP contribution in [0.25, 0.3) is 0 Å². The Morgan fingerprint density at radius 2 is 2.05 bits per heavy atom. The first-order chi connectivity index (χ1) is 9.46. The van der Waals surface area contributed by atoms with Crippen LogP contribution in [-0.4, -0.2) is 48.1 Å². The maximum Gasteiger partial charge on any atom is 0.336 e. The van der Waals surface area contributed by atoms with Crippen molar-refractivity contribution in [1.82, 2.24) is 4.31 Å². The molecule has 8 heteroatoms. The van der Waals surface area contributed by atoms with Gasteiger partial charge in [0.25, 0.3) is 10.0 Å². The van der Waals surface area contributed by atoms with Crippen LogP contribution in [0.5, 0.6) is 0 Å². The number of carboxylic acid groups (broad SMARTS) is 1. The Morgan fingerprint density at radius 3 is 2.55 bits per heavy atom. The van der Waals surface area contributed by atoms with Crippen LogP contribution in [0.2, 0.25) is 0 Å². The van der Waals surface area contributed by atoms with Gasteiger partial charge in [-0.15, -0.1) is 11.3 Å². The first kappa shape index (κ1) is 15.4. The van der Waals surface area contributed by atoms with E-state index in [1.807, 2.05) is 0 Å². The quantitative estimate of drug-likeness (QED) is 0.826. The lowest BCUT2D eigenvalue weighted by Gasteiger charge is -2.26. The van der Waals surface area contributed by atoms with E-state index >= 15 is 0 Å². The number of carbonyl (C=O) groups is 1. The average molecular weight is 319 g/mol. The number of hydrogen-bond acceptors (Lipinski definition) is 5. The SMILES string of the molecule is O=C(O)c1csc(S(=O)(=O)N(CCO)C2CCCC2)c1. The van der Waals surface area contributed by atoms with Crippen molar-refractivity contribution in [2.75, 3.05) is 13.2 Å². The average Bonchev–Trinajstić information content (AvgIpc) is 3.06. The first-order valence-corrected chi connectivity index (χ1v) is 8.73. The lowest BCUT2D eigenvalue weighted by molar-refractivity contribution is 0.0697. The Morgan fingerprint density at radius 1 is 1.40 bits per heavy atom. The van der Waals surface area contributed by atoms with Crippen molar-refractivity contribution in [2.45, 2.75) is 35.9 Å². The lowest BCUT2D eigenvalue weighted by atomic mass is 10.2. The number of aliphatic hydroxyl groups excluding tert-OH is 1. The summed E-state index contributed by atoms with van der Waals surface area (Å²) in [5.74, 6) is -1.14. The van der Waals surface area contributed by atoms with E-state index in [2.05, 4.69) is 0 Å². The van der Waals surface area contributed by atoms with Crippen LogP contribution in [0.3, 0.4) is 0 Å². The second kappa shape index (κ2) is 6.21. The third-order valence-electron chi connectivity index (χ3n) is 3.44. The molecule has 0 bridgehead atoms. The second-order valence-corrected chi connectivity index (χ2v) is 7.77. The van der Waals surface area contributed by atoms with Gasteiger partial charge in [-0.2, -0.15) is 4.31 Å². The summed E-state index contributed by atoms with van der Waals surface area (Å²) >= 11 is 0.906. The van der Waals surface area contributed by atoms with Gasteiger partial charge in [0.05, 0.1) is 12.2 Å². The number of hydrogen-bond donors (Lipinski definition) is 2. The van der Waals surface area contributed by atoms with Crippen molar-refractivity contribution >= 4 is 27.3 Å². The van der Waals surface area contributed by atoms with E-state index in [4.69, 9.17) is 10.2 Å². The van der Waals surface area contributed by atoms with Crippen molar-refractivity contribution in [3.8, 4) is 0 Å². The maximum absolute atomic E-state index is 12.6. The molecular formula is C12H17NO5S2. The van der Waals surface area contributed by atoms with Crippen molar-refractivity contribution < 1.29 is 23.4 Å². The molecule has 2 N–H and O–H groups in total. The van der Waals surface area contributed by atoms with Crippen LogP contribution in [0.4, 0.5) is 0 Å². The molecule has 6 nitrogen and oxygen atoms in total. The van der Waals surface area contributed by atoms with Crippen LogP contribution < -0.4 is 0 Å². The van der Waals surface area contributed by atoms with Gasteiger partial charge >= 0.3 is 5.97 Å². The molecule has 1 saturated carbocycles. The zero-order chi connectivity index (χ0) is 14.8. The Bertz CT molecular complexity index is 574. The minimum Gasteiger partial charge on any atom is -0.478 e. The van der Waals surface area contributed by atoms with Crippen LogP contribution in [0.15, 0.2) is 15.7 Å². The molecule has 0 aromatic carbocycles. The van der Waals surface area contributed by atoms with Gasteiger partial charge in [-0.25, -0.2) is 13.2 Å².